The molecular weight excluding hydrogens is 615 g/mol. The van der Waals surface area contributed by atoms with E-state index in [0.29, 0.717) is 33.9 Å². The van der Waals surface area contributed by atoms with Gasteiger partial charge in [-0.1, -0.05) is 38.1 Å². The lowest BCUT2D eigenvalue weighted by molar-refractivity contribution is -0.128. The fraction of sp³-hybridized carbons (Fsp3) is 0.303. The van der Waals surface area contributed by atoms with Crippen LogP contribution in [0.25, 0.3) is 28.0 Å². The van der Waals surface area contributed by atoms with Crippen molar-refractivity contribution in [3.8, 4) is 28.6 Å². The molecule has 0 radical (unpaired) electrons. The zero-order valence-corrected chi connectivity index (χ0v) is 26.7. The van der Waals surface area contributed by atoms with Crippen LogP contribution in [0, 0.1) is 12.7 Å². The highest BCUT2D eigenvalue weighted by atomic mass is 35.5. The number of aromatic hydroxyl groups is 1. The number of piperazine rings is 1. The predicted molar refractivity (Wildman–Crippen MR) is 174 cm³/mol. The van der Waals surface area contributed by atoms with E-state index < -0.39 is 17.4 Å². The molecular formula is C33H32ClFN6O5. The standard InChI is InChI=1S/C33H32ClFN6O5/c1-7-24(43)39-11-12-40-21(15-39)32(44)38(5)30-29(40)18-14-19(34)27(25-20(35)9-8-10-22(25)42)37-31(18)41(33(30)45)28-17(4)13-23(46-6)36-26(28)16(2)3/h7-10,13-14,16,21,42H,1,11-12,15H2,2-6H3/t21-/m1/s1. The summed E-state index contributed by atoms with van der Waals surface area (Å²) in [7, 11) is 3.02. The van der Waals surface area contributed by atoms with Gasteiger partial charge in [-0.3, -0.25) is 19.0 Å². The monoisotopic (exact) mass is 646 g/mol. The van der Waals surface area contributed by atoms with Gasteiger partial charge in [0.25, 0.3) is 11.5 Å². The molecule has 6 rings (SSSR count). The van der Waals surface area contributed by atoms with Crippen LogP contribution in [0.3, 0.4) is 0 Å². The minimum absolute atomic E-state index is 0.0190. The maximum Gasteiger partial charge on any atom is 0.283 e. The third-order valence-corrected chi connectivity index (χ3v) is 8.84. The number of aryl methyl sites for hydroxylation is 1. The van der Waals surface area contributed by atoms with E-state index in [0.717, 1.165) is 0 Å². The number of anilines is 2. The van der Waals surface area contributed by atoms with E-state index in [4.69, 9.17) is 21.3 Å². The molecule has 0 aliphatic carbocycles. The number of nitrogens with zero attached hydrogens (tertiary/aromatic N) is 6. The minimum atomic E-state index is -0.793. The van der Waals surface area contributed by atoms with Crippen molar-refractivity contribution in [3.05, 3.63) is 75.4 Å². The molecule has 11 nitrogen and oxygen atoms in total. The smallest absolute Gasteiger partial charge is 0.283 e. The predicted octanol–water partition coefficient (Wildman–Crippen LogP) is 4.57. The quantitative estimate of drug-likeness (QED) is 0.313. The largest absolute Gasteiger partial charge is 0.507 e. The van der Waals surface area contributed by atoms with Crippen molar-refractivity contribution >= 4 is 45.8 Å². The molecule has 2 aliphatic heterocycles. The summed E-state index contributed by atoms with van der Waals surface area (Å²) in [5.74, 6) is -1.61. The number of pyridine rings is 3. The van der Waals surface area contributed by atoms with Gasteiger partial charge in [0.2, 0.25) is 11.8 Å². The highest BCUT2D eigenvalue weighted by Crippen LogP contribution is 2.44. The van der Waals surface area contributed by atoms with Gasteiger partial charge in [-0.05, 0) is 42.7 Å². The van der Waals surface area contributed by atoms with E-state index in [1.807, 2.05) is 20.8 Å². The second kappa shape index (κ2) is 11.4. The number of phenols is 1. The highest BCUT2D eigenvalue weighted by molar-refractivity contribution is 6.34. The van der Waals surface area contributed by atoms with Crippen LogP contribution >= 0.6 is 11.6 Å². The highest BCUT2D eigenvalue weighted by Gasteiger charge is 2.44. The van der Waals surface area contributed by atoms with Crippen molar-refractivity contribution in [2.75, 3.05) is 43.6 Å². The normalized spacial score (nSPS) is 16.1. The first-order chi connectivity index (χ1) is 21.9. The number of fused-ring (bicyclic) bond motifs is 5. The van der Waals surface area contributed by atoms with Gasteiger partial charge in [-0.15, -0.1) is 0 Å². The van der Waals surface area contributed by atoms with Gasteiger partial charge in [-0.2, -0.15) is 0 Å². The average molecular weight is 647 g/mol. The molecule has 4 aromatic rings. The van der Waals surface area contributed by atoms with Crippen LogP contribution < -0.4 is 20.1 Å². The SMILES string of the molecule is C=CC(=O)N1CCN2c3c(c(=O)n(-c4c(C)cc(OC)nc4C(C)C)c4nc(-c5c(O)cccc5F)c(Cl)cc34)N(C)C(=O)[C@H]2C1. The Kier molecular flexibility index (Phi) is 7.71. The Bertz CT molecular complexity index is 2010. The van der Waals surface area contributed by atoms with E-state index >= 15 is 4.39 Å². The van der Waals surface area contributed by atoms with Crippen LogP contribution in [0.1, 0.15) is 31.0 Å². The zero-order chi connectivity index (χ0) is 33.2. The van der Waals surface area contributed by atoms with Gasteiger partial charge in [-0.25, -0.2) is 14.4 Å². The van der Waals surface area contributed by atoms with Crippen LogP contribution in [-0.4, -0.2) is 76.2 Å². The molecule has 2 aliphatic rings. The summed E-state index contributed by atoms with van der Waals surface area (Å²) in [6.45, 7) is 9.83. The number of likely N-dealkylation sites (N-methyl/N-ethyl adjacent to an activating group) is 1. The molecule has 0 unspecified atom stereocenters. The van der Waals surface area contributed by atoms with Crippen molar-refractivity contribution in [1.29, 1.82) is 0 Å². The number of carbonyl (C=O) groups excluding carboxylic acids is 2. The van der Waals surface area contributed by atoms with Gasteiger partial charge in [0.1, 0.15) is 23.3 Å². The van der Waals surface area contributed by atoms with E-state index in [1.165, 1.54) is 47.9 Å². The summed E-state index contributed by atoms with van der Waals surface area (Å²) in [6.07, 6.45) is 1.20. The lowest BCUT2D eigenvalue weighted by atomic mass is 9.99. The molecule has 1 aromatic carbocycles. The fourth-order valence-corrected chi connectivity index (χ4v) is 6.61. The molecule has 1 atom stereocenters. The molecule has 46 heavy (non-hydrogen) atoms. The molecule has 2 amide bonds. The van der Waals surface area contributed by atoms with Crippen molar-refractivity contribution in [1.82, 2.24) is 19.4 Å². The van der Waals surface area contributed by atoms with Crippen molar-refractivity contribution < 1.29 is 23.8 Å². The summed E-state index contributed by atoms with van der Waals surface area (Å²) in [6, 6.07) is 6.34. The van der Waals surface area contributed by atoms with E-state index in [9.17, 15) is 19.5 Å². The Balaban J connectivity index is 1.76. The van der Waals surface area contributed by atoms with Gasteiger partial charge < -0.3 is 24.5 Å². The second-order valence-corrected chi connectivity index (χ2v) is 12.0. The number of methoxy groups -OCH3 is 1. The number of phenolic OH excluding ortho intramolecular Hbond substituents is 1. The Morgan fingerprint density at radius 2 is 1.91 bits per heavy atom. The van der Waals surface area contributed by atoms with E-state index in [-0.39, 0.29) is 70.7 Å². The number of amides is 2. The molecule has 1 N–H and O–H groups in total. The van der Waals surface area contributed by atoms with Crippen LogP contribution in [-0.2, 0) is 9.59 Å². The summed E-state index contributed by atoms with van der Waals surface area (Å²) >= 11 is 6.82. The lowest BCUT2D eigenvalue weighted by Gasteiger charge is -2.47. The van der Waals surface area contributed by atoms with E-state index in [1.54, 1.807) is 21.9 Å². The van der Waals surface area contributed by atoms with Gasteiger partial charge in [0, 0.05) is 31.6 Å². The Morgan fingerprint density at radius 3 is 2.57 bits per heavy atom. The maximum atomic E-state index is 15.2. The number of ether oxygens (including phenoxy) is 1. The zero-order valence-electron chi connectivity index (χ0n) is 26.0. The molecule has 5 heterocycles. The fourth-order valence-electron chi connectivity index (χ4n) is 6.36. The van der Waals surface area contributed by atoms with Crippen LogP contribution in [0.15, 0.2) is 47.8 Å². The number of carbonyl (C=O) groups is 2. The topological polar surface area (TPSA) is 121 Å². The number of halogens is 2. The van der Waals surface area contributed by atoms with Gasteiger partial charge in [0.15, 0.2) is 5.65 Å². The van der Waals surface area contributed by atoms with Gasteiger partial charge in [0.05, 0.1) is 47.0 Å². The second-order valence-electron chi connectivity index (χ2n) is 11.6. The molecule has 13 heteroatoms. The summed E-state index contributed by atoms with van der Waals surface area (Å²) in [5.41, 5.74) is 1.39. The third kappa shape index (κ3) is 4.66. The van der Waals surface area contributed by atoms with Crippen molar-refractivity contribution in [3.63, 3.8) is 0 Å². The van der Waals surface area contributed by atoms with Crippen molar-refractivity contribution in [2.45, 2.75) is 32.7 Å². The first kappa shape index (κ1) is 31.0. The number of hydrogen-bond acceptors (Lipinski definition) is 8. The number of hydrogen-bond donors (Lipinski definition) is 1. The Labute approximate surface area is 269 Å². The first-order valence-corrected chi connectivity index (χ1v) is 15.1. The molecule has 0 bridgehead atoms. The number of benzene rings is 1. The Morgan fingerprint density at radius 1 is 1.17 bits per heavy atom. The maximum absolute atomic E-state index is 15.2. The van der Waals surface area contributed by atoms with Crippen LogP contribution in [0.5, 0.6) is 11.6 Å². The van der Waals surface area contributed by atoms with Crippen LogP contribution in [0.4, 0.5) is 15.8 Å². The minimum Gasteiger partial charge on any atom is -0.507 e. The third-order valence-electron chi connectivity index (χ3n) is 8.55. The lowest BCUT2D eigenvalue weighted by Crippen LogP contribution is -2.63. The molecule has 0 saturated carbocycles. The van der Waals surface area contributed by atoms with Crippen LogP contribution in [0.2, 0.25) is 5.02 Å². The number of rotatable bonds is 5. The average Bonchev–Trinajstić information content (AvgIpc) is 3.03. The molecule has 1 saturated heterocycles. The van der Waals surface area contributed by atoms with Crippen molar-refractivity contribution in [2.24, 2.45) is 0 Å². The summed E-state index contributed by atoms with van der Waals surface area (Å²) < 4.78 is 22.0. The summed E-state index contributed by atoms with van der Waals surface area (Å²) in [4.78, 5) is 55.3. The molecule has 1 fully saturated rings. The van der Waals surface area contributed by atoms with Gasteiger partial charge >= 0.3 is 0 Å². The van der Waals surface area contributed by atoms with E-state index in [2.05, 4.69) is 11.6 Å². The Hall–Kier alpha value is -4.97. The summed E-state index contributed by atoms with van der Waals surface area (Å²) in [5, 5.41) is 11.1. The molecule has 238 valence electrons. The first-order valence-electron chi connectivity index (χ1n) is 14.7. The molecule has 0 spiro atoms. The number of aromatic nitrogens is 3. The molecule has 3 aromatic heterocycles.